The van der Waals surface area contributed by atoms with Gasteiger partial charge in [0.15, 0.2) is 0 Å². The Morgan fingerprint density at radius 3 is 2.56 bits per heavy atom. The minimum absolute atomic E-state index is 0.0213. The van der Waals surface area contributed by atoms with E-state index in [0.29, 0.717) is 15.7 Å². The number of aromatic nitrogens is 2. The normalized spacial score (nSPS) is 15.0. The lowest BCUT2D eigenvalue weighted by Crippen LogP contribution is -2.36. The fourth-order valence-corrected chi connectivity index (χ4v) is 4.00. The lowest BCUT2D eigenvalue weighted by Gasteiger charge is -2.24. The molecule has 3 aromatic rings. The zero-order valence-electron chi connectivity index (χ0n) is 15.9. The van der Waals surface area contributed by atoms with Gasteiger partial charge in [0.1, 0.15) is 5.82 Å². The van der Waals surface area contributed by atoms with E-state index >= 15 is 0 Å². The van der Waals surface area contributed by atoms with Crippen LogP contribution >= 0.6 is 46.4 Å². The van der Waals surface area contributed by atoms with Crippen molar-refractivity contribution in [2.24, 2.45) is 0 Å². The number of anilines is 4. The molecule has 4 N–H and O–H groups in total. The number of nitrogens with zero attached hydrogens (tertiary/aromatic N) is 1. The minimum atomic E-state index is -1.08. The average molecular weight is 513 g/mol. The van der Waals surface area contributed by atoms with E-state index in [1.54, 1.807) is 30.3 Å². The molecule has 0 fully saturated rings. The summed E-state index contributed by atoms with van der Waals surface area (Å²) >= 11 is 24.1. The number of hydrogen-bond donors (Lipinski definition) is 4. The molecule has 164 valence electrons. The summed E-state index contributed by atoms with van der Waals surface area (Å²) in [4.78, 5) is 44.8. The van der Waals surface area contributed by atoms with Gasteiger partial charge in [-0.3, -0.25) is 19.4 Å². The van der Waals surface area contributed by atoms with Crippen LogP contribution in [0.2, 0.25) is 20.1 Å². The second-order valence-electron chi connectivity index (χ2n) is 6.82. The van der Waals surface area contributed by atoms with Crippen molar-refractivity contribution >= 4 is 81.4 Å². The number of fused-ring (bicyclic) bond motifs is 1. The van der Waals surface area contributed by atoms with Gasteiger partial charge in [-0.15, -0.1) is 0 Å². The number of hydrogen-bond acceptors (Lipinski definition) is 5. The van der Waals surface area contributed by atoms with E-state index in [1.165, 1.54) is 6.07 Å². The molecule has 2 heterocycles. The summed E-state index contributed by atoms with van der Waals surface area (Å²) in [6, 6.07) is 9.47. The maximum Gasteiger partial charge on any atom is 0.258 e. The first-order valence-corrected chi connectivity index (χ1v) is 10.6. The molecule has 0 aliphatic carbocycles. The Labute approximate surface area is 201 Å². The third-order valence-corrected chi connectivity index (χ3v) is 6.03. The number of carbonyl (C=O) groups is 2. The van der Waals surface area contributed by atoms with E-state index in [-0.39, 0.29) is 39.5 Å². The van der Waals surface area contributed by atoms with E-state index < -0.39 is 23.3 Å². The van der Waals surface area contributed by atoms with Gasteiger partial charge in [0.05, 0.1) is 37.9 Å². The zero-order valence-corrected chi connectivity index (χ0v) is 19.0. The molecular formula is C20H13Cl4N5O3. The fourth-order valence-electron chi connectivity index (χ4n) is 3.19. The third kappa shape index (κ3) is 4.54. The molecule has 1 atom stereocenters. The Morgan fingerprint density at radius 2 is 1.81 bits per heavy atom. The molecule has 32 heavy (non-hydrogen) atoms. The molecule has 0 saturated carbocycles. The highest BCUT2D eigenvalue weighted by Gasteiger charge is 2.35. The van der Waals surface area contributed by atoms with Crippen molar-refractivity contribution in [3.05, 3.63) is 72.4 Å². The van der Waals surface area contributed by atoms with Gasteiger partial charge in [0, 0.05) is 11.4 Å². The molecule has 1 aliphatic rings. The molecule has 0 radical (unpaired) electrons. The van der Waals surface area contributed by atoms with E-state index in [9.17, 15) is 14.4 Å². The van der Waals surface area contributed by atoms with Crippen molar-refractivity contribution in [1.29, 1.82) is 0 Å². The van der Waals surface area contributed by atoms with Crippen molar-refractivity contribution in [3.8, 4) is 0 Å². The van der Waals surface area contributed by atoms with Crippen molar-refractivity contribution in [2.45, 2.75) is 12.3 Å². The lowest BCUT2D eigenvalue weighted by molar-refractivity contribution is -0.123. The molecule has 0 saturated heterocycles. The number of H-pyrrole nitrogens is 1. The van der Waals surface area contributed by atoms with Gasteiger partial charge in [-0.25, -0.2) is 0 Å². The molecule has 2 aromatic carbocycles. The summed E-state index contributed by atoms with van der Waals surface area (Å²) in [5.74, 6) is -2.16. The fraction of sp³-hybridized carbons (Fsp3) is 0.100. The van der Waals surface area contributed by atoms with Crippen LogP contribution in [-0.4, -0.2) is 21.8 Å². The van der Waals surface area contributed by atoms with Gasteiger partial charge >= 0.3 is 0 Å². The number of amides is 2. The van der Waals surface area contributed by atoms with Crippen LogP contribution in [0.5, 0.6) is 0 Å². The summed E-state index contributed by atoms with van der Waals surface area (Å²) in [5, 5.41) is 9.15. The second-order valence-corrected chi connectivity index (χ2v) is 8.45. The topological polar surface area (TPSA) is 116 Å². The van der Waals surface area contributed by atoms with E-state index in [1.807, 2.05) is 0 Å². The molecule has 0 bridgehead atoms. The molecule has 1 aliphatic heterocycles. The average Bonchev–Trinajstić information content (AvgIpc) is 2.72. The minimum Gasteiger partial charge on any atom is -0.324 e. The summed E-state index contributed by atoms with van der Waals surface area (Å²) < 4.78 is 0. The zero-order chi connectivity index (χ0) is 23.0. The van der Waals surface area contributed by atoms with Crippen molar-refractivity contribution in [3.63, 3.8) is 0 Å². The maximum atomic E-state index is 12.9. The first kappa shape index (κ1) is 22.4. The molecular weight excluding hydrogens is 500 g/mol. The van der Waals surface area contributed by atoms with E-state index in [0.717, 1.165) is 0 Å². The maximum absolute atomic E-state index is 12.9. The Kier molecular flexibility index (Phi) is 6.30. The van der Waals surface area contributed by atoms with Gasteiger partial charge in [0.25, 0.3) is 5.56 Å². The van der Waals surface area contributed by atoms with Crippen LogP contribution in [0.4, 0.5) is 23.1 Å². The summed E-state index contributed by atoms with van der Waals surface area (Å²) in [6.45, 7) is 0. The van der Waals surface area contributed by atoms with Crippen LogP contribution < -0.4 is 21.5 Å². The van der Waals surface area contributed by atoms with Gasteiger partial charge in [-0.1, -0.05) is 52.5 Å². The predicted octanol–water partition coefficient (Wildman–Crippen LogP) is 5.19. The number of aromatic amines is 1. The van der Waals surface area contributed by atoms with Crippen LogP contribution in [0.15, 0.2) is 41.2 Å². The standard InChI is InChI=1S/C20H13Cl4N5O3/c21-8-4-5-12(11(23)6-8)26-20-28-17-15(19(32)29-20)9(7-14(30)27-17)18(31)25-13-3-1-2-10(22)16(13)24/h1-6,9H,7H2,(H,25,31)(H3,26,27,28,29,30,32)/t9-/m0/s1. The molecule has 0 spiro atoms. The number of benzene rings is 2. The summed E-state index contributed by atoms with van der Waals surface area (Å²) in [6.07, 6.45) is -0.239. The highest BCUT2D eigenvalue weighted by atomic mass is 35.5. The second kappa shape index (κ2) is 8.99. The molecule has 0 unspecified atom stereocenters. The Morgan fingerprint density at radius 1 is 1.03 bits per heavy atom. The first-order valence-electron chi connectivity index (χ1n) is 9.14. The number of carbonyl (C=O) groups excluding carboxylic acids is 2. The highest BCUT2D eigenvalue weighted by molar-refractivity contribution is 6.44. The third-order valence-electron chi connectivity index (χ3n) is 4.66. The van der Waals surface area contributed by atoms with E-state index in [2.05, 4.69) is 25.9 Å². The summed E-state index contributed by atoms with van der Waals surface area (Å²) in [5.41, 5.74) is 0.121. The van der Waals surface area contributed by atoms with E-state index in [4.69, 9.17) is 46.4 Å². The molecule has 1 aromatic heterocycles. The molecule has 2 amide bonds. The Balaban J connectivity index is 1.66. The monoisotopic (exact) mass is 511 g/mol. The van der Waals surface area contributed by atoms with Crippen LogP contribution in [0.1, 0.15) is 17.9 Å². The molecule has 12 heteroatoms. The van der Waals surface area contributed by atoms with Crippen LogP contribution in [0.25, 0.3) is 0 Å². The molecule has 8 nitrogen and oxygen atoms in total. The van der Waals surface area contributed by atoms with Gasteiger partial charge < -0.3 is 16.0 Å². The van der Waals surface area contributed by atoms with Gasteiger partial charge in [-0.2, -0.15) is 4.98 Å². The van der Waals surface area contributed by atoms with Crippen molar-refractivity contribution in [1.82, 2.24) is 9.97 Å². The quantitative estimate of drug-likeness (QED) is 0.383. The van der Waals surface area contributed by atoms with Crippen LogP contribution in [0.3, 0.4) is 0 Å². The summed E-state index contributed by atoms with van der Waals surface area (Å²) in [7, 11) is 0. The smallest absolute Gasteiger partial charge is 0.258 e. The van der Waals surface area contributed by atoms with Crippen molar-refractivity contribution < 1.29 is 9.59 Å². The first-order chi connectivity index (χ1) is 15.2. The predicted molar refractivity (Wildman–Crippen MR) is 126 cm³/mol. The van der Waals surface area contributed by atoms with Crippen LogP contribution in [0, 0.1) is 0 Å². The van der Waals surface area contributed by atoms with Gasteiger partial charge in [0.2, 0.25) is 17.8 Å². The SMILES string of the molecule is O=C1C[C@H](C(=O)Nc2cccc(Cl)c2Cl)c2c(nc(Nc3ccc(Cl)cc3Cl)[nH]c2=O)N1. The van der Waals surface area contributed by atoms with Crippen molar-refractivity contribution in [2.75, 3.05) is 16.0 Å². The number of rotatable bonds is 4. The number of nitrogens with one attached hydrogen (secondary N) is 4. The van der Waals surface area contributed by atoms with Crippen LogP contribution in [-0.2, 0) is 9.59 Å². The van der Waals surface area contributed by atoms with Gasteiger partial charge in [-0.05, 0) is 30.3 Å². The lowest BCUT2D eigenvalue weighted by atomic mass is 9.92. The highest BCUT2D eigenvalue weighted by Crippen LogP contribution is 2.34. The Hall–Kier alpha value is -2.78. The molecule has 4 rings (SSSR count). The Bertz CT molecular complexity index is 1310. The number of halogens is 4. The largest absolute Gasteiger partial charge is 0.324 e.